The number of carbonyl (C=O) groups is 5. The van der Waals surface area contributed by atoms with Crippen LogP contribution in [0.1, 0.15) is 110 Å². The van der Waals surface area contributed by atoms with Gasteiger partial charge in [-0.15, -0.1) is 0 Å². The topological polar surface area (TPSA) is 188 Å². The second kappa shape index (κ2) is 18.3. The minimum atomic E-state index is -1.16. The molecule has 4 saturated heterocycles. The number of nitrogens with one attached hydrogen (secondary N) is 3. The minimum absolute atomic E-state index is 0.00105. The number of likely N-dealkylation sites (N-methyl/N-ethyl adjacent to an activating group) is 1. The molecule has 5 aliphatic heterocycles. The lowest BCUT2D eigenvalue weighted by Gasteiger charge is -2.40. The van der Waals surface area contributed by atoms with Gasteiger partial charge in [0.15, 0.2) is 0 Å². The predicted molar refractivity (Wildman–Crippen MR) is 259 cm³/mol. The van der Waals surface area contributed by atoms with Crippen molar-refractivity contribution in [3.8, 4) is 28.1 Å². The molecule has 0 saturated carbocycles. The number of phenolic OH excluding ortho intramolecular Hbond substituents is 1. The molecular formula is C53H68N8O7. The molecule has 4 amide bonds. The van der Waals surface area contributed by atoms with Crippen LogP contribution in [0.3, 0.4) is 0 Å². The van der Waals surface area contributed by atoms with E-state index in [0.29, 0.717) is 50.8 Å². The summed E-state index contributed by atoms with van der Waals surface area (Å²) in [6, 6.07) is 12.5. The minimum Gasteiger partial charge on any atom is -0.508 e. The number of carbonyl (C=O) groups excluding carboxylic acids is 5. The van der Waals surface area contributed by atoms with E-state index >= 15 is 0 Å². The van der Waals surface area contributed by atoms with E-state index in [1.165, 1.54) is 9.91 Å². The number of hydrogen-bond donors (Lipinski definition) is 4. The summed E-state index contributed by atoms with van der Waals surface area (Å²) in [7, 11) is 1.63. The van der Waals surface area contributed by atoms with Crippen LogP contribution in [0, 0.1) is 11.3 Å². The Morgan fingerprint density at radius 3 is 2.46 bits per heavy atom. The third-order valence-electron chi connectivity index (χ3n) is 15.1. The van der Waals surface area contributed by atoms with Gasteiger partial charge in [-0.3, -0.25) is 34.0 Å². The van der Waals surface area contributed by atoms with Gasteiger partial charge in [0.2, 0.25) is 17.7 Å². The number of nitrogens with zero attached hydrogens (tertiary/aromatic N) is 5. The standard InChI is InChI=1S/C53H68N8O7/c1-9-59-43-15-14-33-26-38(43)39(46(59)37-12-10-20-54-44(37)30(2)3)27-52(6,7)29-68-50(66)40-13-11-21-60(57-40)48(64)41(24-32-22-34(33)25-36(62)23-32)56-47(63)45(31(4)5)58(8)51(67)53-18-16-35(17-19-53)61(53)49(65)42-28-55-42/h10,12,14-15,20,22-23,25-26,30-31,35,40-42,45,55,57,62H,9,11,13,16-19,21,24,27-29H2,1-8H3,(H,56,63)/t35?,40-,41-,42+,45-,53?/m0/s1. The summed E-state index contributed by atoms with van der Waals surface area (Å²) >= 11 is 0. The normalized spacial score (nSPS) is 25.1. The lowest BCUT2D eigenvalue weighted by molar-refractivity contribution is -0.156. The number of pyridine rings is 1. The van der Waals surface area contributed by atoms with Crippen molar-refractivity contribution in [2.24, 2.45) is 11.3 Å². The Morgan fingerprint density at radius 2 is 1.76 bits per heavy atom. The van der Waals surface area contributed by atoms with Crippen LogP contribution in [-0.4, -0.2) is 122 Å². The maximum atomic E-state index is 14.9. The molecule has 4 fully saturated rings. The second-order valence-electron chi connectivity index (χ2n) is 21.3. The van der Waals surface area contributed by atoms with Crippen LogP contribution in [0.2, 0.25) is 0 Å². The highest BCUT2D eigenvalue weighted by molar-refractivity contribution is 5.99. The molecule has 0 unspecified atom stereocenters. The first-order chi connectivity index (χ1) is 32.4. The van der Waals surface area contributed by atoms with Gasteiger partial charge in [-0.2, -0.15) is 0 Å². The van der Waals surface area contributed by atoms with Gasteiger partial charge < -0.3 is 34.8 Å². The quantitative estimate of drug-likeness (QED) is 0.117. The van der Waals surface area contributed by atoms with E-state index in [0.717, 1.165) is 57.4 Å². The Hall–Kier alpha value is -5.80. The monoisotopic (exact) mass is 929 g/mol. The van der Waals surface area contributed by atoms with E-state index < -0.39 is 46.9 Å². The van der Waals surface area contributed by atoms with Gasteiger partial charge in [0, 0.05) is 67.2 Å². The van der Waals surface area contributed by atoms with Crippen molar-refractivity contribution < 1.29 is 33.8 Å². The van der Waals surface area contributed by atoms with Crippen LogP contribution >= 0.6 is 0 Å². The number of aromatic hydroxyl groups is 1. The Labute approximate surface area is 399 Å². The third-order valence-corrected chi connectivity index (χ3v) is 15.1. The molecule has 0 spiro atoms. The predicted octanol–water partition coefficient (Wildman–Crippen LogP) is 5.85. The Bertz CT molecular complexity index is 2640. The Morgan fingerprint density at radius 1 is 1.01 bits per heavy atom. The average molecular weight is 929 g/mol. The van der Waals surface area contributed by atoms with Gasteiger partial charge >= 0.3 is 5.97 Å². The van der Waals surface area contributed by atoms with Crippen molar-refractivity contribution in [3.63, 3.8) is 0 Å². The molecule has 2 aromatic carbocycles. The number of aromatic nitrogens is 2. The van der Waals surface area contributed by atoms with E-state index in [2.05, 4.69) is 73.4 Å². The maximum absolute atomic E-state index is 14.9. The van der Waals surface area contributed by atoms with Crippen molar-refractivity contribution in [1.29, 1.82) is 0 Å². The molecule has 2 aromatic heterocycles. The van der Waals surface area contributed by atoms with E-state index in [1.807, 2.05) is 38.2 Å². The molecular weight excluding hydrogens is 861 g/mol. The molecule has 362 valence electrons. The number of esters is 1. The summed E-state index contributed by atoms with van der Waals surface area (Å²) in [6.07, 6.45) is 5.94. The van der Waals surface area contributed by atoms with Crippen LogP contribution in [0.25, 0.3) is 33.3 Å². The molecule has 0 radical (unpaired) electrons. The highest BCUT2D eigenvalue weighted by Gasteiger charge is 2.61. The number of hydrogen-bond acceptors (Lipinski definition) is 10. The van der Waals surface area contributed by atoms with E-state index in [-0.39, 0.29) is 61.1 Å². The maximum Gasteiger partial charge on any atom is 0.324 e. The van der Waals surface area contributed by atoms with E-state index in [1.54, 1.807) is 24.1 Å². The third kappa shape index (κ3) is 8.65. The number of benzene rings is 2. The first-order valence-electron chi connectivity index (χ1n) is 24.7. The van der Waals surface area contributed by atoms with Crippen LogP contribution in [0.5, 0.6) is 5.75 Å². The van der Waals surface area contributed by atoms with Crippen LogP contribution < -0.4 is 16.1 Å². The molecule has 4 aromatic rings. The molecule has 15 heteroatoms. The summed E-state index contributed by atoms with van der Waals surface area (Å²) in [4.78, 5) is 80.1. The zero-order valence-electron chi connectivity index (χ0n) is 40.9. The number of fused-ring (bicyclic) bond motifs is 8. The van der Waals surface area contributed by atoms with Gasteiger partial charge in [0.1, 0.15) is 29.4 Å². The molecule has 4 N–H and O–H groups in total. The first-order valence-corrected chi connectivity index (χ1v) is 24.7. The number of ether oxygens (including phenoxy) is 1. The lowest BCUT2D eigenvalue weighted by atomic mass is 9.83. The van der Waals surface area contributed by atoms with Crippen LogP contribution in [-0.2, 0) is 48.1 Å². The SMILES string of the molecule is CCn1c(-c2cccnc2C(C)C)c2c3cc(ccc31)-c1cc(O)cc(c1)C[C@H](NC(=O)[C@H](C(C)C)N(C)C(=O)C13CCC(CC1)N3C(=O)[C@H]1CN1)C(=O)N1CCC[C@H](N1)C(=O)OCC(C)(C)C2. The summed E-state index contributed by atoms with van der Waals surface area (Å²) in [6.45, 7) is 16.1. The molecule has 7 heterocycles. The highest BCUT2D eigenvalue weighted by atomic mass is 16.5. The van der Waals surface area contributed by atoms with Crippen molar-refractivity contribution in [2.75, 3.05) is 26.7 Å². The zero-order chi connectivity index (χ0) is 48.4. The molecule has 5 aliphatic rings. The number of cyclic esters (lactones) is 1. The molecule has 9 rings (SSSR count). The average Bonchev–Trinajstić information content (AvgIpc) is 3.93. The lowest BCUT2D eigenvalue weighted by Crippen LogP contribution is -2.64. The van der Waals surface area contributed by atoms with Crippen molar-refractivity contribution in [2.45, 2.75) is 148 Å². The van der Waals surface area contributed by atoms with Gasteiger partial charge in [0.25, 0.3) is 5.91 Å². The molecule has 68 heavy (non-hydrogen) atoms. The summed E-state index contributed by atoms with van der Waals surface area (Å²) < 4.78 is 8.48. The van der Waals surface area contributed by atoms with Gasteiger partial charge in [0.05, 0.1) is 24.0 Å². The van der Waals surface area contributed by atoms with E-state index in [9.17, 15) is 29.1 Å². The summed E-state index contributed by atoms with van der Waals surface area (Å²) in [5.41, 5.74) is 9.10. The molecule has 0 aliphatic carbocycles. The number of hydrazine groups is 1. The fourth-order valence-corrected chi connectivity index (χ4v) is 11.8. The van der Waals surface area contributed by atoms with Crippen molar-refractivity contribution in [3.05, 3.63) is 71.5 Å². The summed E-state index contributed by atoms with van der Waals surface area (Å²) in [5, 5.41) is 20.0. The van der Waals surface area contributed by atoms with Crippen LogP contribution in [0.4, 0.5) is 0 Å². The largest absolute Gasteiger partial charge is 0.508 e. The van der Waals surface area contributed by atoms with Gasteiger partial charge in [-0.1, -0.05) is 53.7 Å². The Balaban J connectivity index is 1.10. The smallest absolute Gasteiger partial charge is 0.324 e. The van der Waals surface area contributed by atoms with Gasteiger partial charge in [-0.05, 0) is 122 Å². The second-order valence-corrected chi connectivity index (χ2v) is 21.3. The number of rotatable bonds is 9. The van der Waals surface area contributed by atoms with Crippen LogP contribution in [0.15, 0.2) is 54.7 Å². The molecule has 4 atom stereocenters. The number of aryl methyl sites for hydroxylation is 1. The first kappa shape index (κ1) is 47.3. The fraction of sp³-hybridized carbons (Fsp3) is 0.547. The highest BCUT2D eigenvalue weighted by Crippen LogP contribution is 2.49. The van der Waals surface area contributed by atoms with Crippen molar-refractivity contribution in [1.82, 2.24) is 40.4 Å². The summed E-state index contributed by atoms with van der Waals surface area (Å²) in [5.74, 6) is -1.95. The Kier molecular flexibility index (Phi) is 12.7. The fourth-order valence-electron chi connectivity index (χ4n) is 11.8. The van der Waals surface area contributed by atoms with Crippen molar-refractivity contribution >= 4 is 40.5 Å². The van der Waals surface area contributed by atoms with Gasteiger partial charge in [-0.25, -0.2) is 5.43 Å². The number of amides is 4. The number of phenols is 1. The van der Waals surface area contributed by atoms with E-state index in [4.69, 9.17) is 9.72 Å². The molecule has 8 bridgehead atoms. The molecule has 15 nitrogen and oxygen atoms in total. The zero-order valence-corrected chi connectivity index (χ0v) is 40.9.